The SMILES string of the molecule is COc1ccc(/C=C(\C#N)C(N)=NC(=N)c2ccccc2)cc1. The number of hydrogen-bond acceptors (Lipinski definition) is 3. The molecule has 0 aliphatic rings. The molecule has 0 atom stereocenters. The fourth-order valence-corrected chi connectivity index (χ4v) is 1.87. The molecule has 0 aliphatic heterocycles. The Bertz CT molecular complexity index is 784. The van der Waals surface area contributed by atoms with Crippen molar-refractivity contribution >= 4 is 17.7 Å². The van der Waals surface area contributed by atoms with Crippen molar-refractivity contribution in [3.8, 4) is 11.8 Å². The van der Waals surface area contributed by atoms with Gasteiger partial charge >= 0.3 is 0 Å². The molecule has 0 aliphatic carbocycles. The standard InChI is InChI=1S/C18H16N4O/c1-23-16-9-7-13(8-10-16)11-15(12-19)18(21)22-17(20)14-5-3-2-4-6-14/h2-11H,1H3,(H3,20,21,22)/b15-11+. The summed E-state index contributed by atoms with van der Waals surface area (Å²) in [5.41, 5.74) is 7.50. The van der Waals surface area contributed by atoms with E-state index in [-0.39, 0.29) is 17.2 Å². The molecule has 5 heteroatoms. The van der Waals surface area contributed by atoms with Crippen LogP contribution in [0.1, 0.15) is 11.1 Å². The minimum absolute atomic E-state index is 0.0113. The van der Waals surface area contributed by atoms with Crippen molar-refractivity contribution in [2.45, 2.75) is 0 Å². The van der Waals surface area contributed by atoms with Crippen molar-refractivity contribution in [3.05, 3.63) is 71.3 Å². The fourth-order valence-electron chi connectivity index (χ4n) is 1.87. The Labute approximate surface area is 134 Å². The number of amidine groups is 2. The van der Waals surface area contributed by atoms with Gasteiger partial charge in [-0.2, -0.15) is 5.26 Å². The molecule has 2 aromatic carbocycles. The largest absolute Gasteiger partial charge is 0.497 e. The number of aliphatic imine (C=N–C) groups is 1. The zero-order valence-corrected chi connectivity index (χ0v) is 12.7. The molecule has 0 bridgehead atoms. The van der Waals surface area contributed by atoms with Gasteiger partial charge in [0, 0.05) is 5.56 Å². The lowest BCUT2D eigenvalue weighted by Gasteiger charge is -2.02. The van der Waals surface area contributed by atoms with E-state index in [2.05, 4.69) is 4.99 Å². The van der Waals surface area contributed by atoms with Gasteiger partial charge in [0.25, 0.3) is 0 Å². The van der Waals surface area contributed by atoms with E-state index in [0.29, 0.717) is 5.56 Å². The van der Waals surface area contributed by atoms with Crippen LogP contribution in [0, 0.1) is 16.7 Å². The van der Waals surface area contributed by atoms with E-state index < -0.39 is 0 Å². The molecule has 0 aromatic heterocycles. The number of nitriles is 1. The fraction of sp³-hybridized carbons (Fsp3) is 0.0556. The molecule has 0 heterocycles. The molecule has 114 valence electrons. The van der Waals surface area contributed by atoms with Crippen LogP contribution in [0.25, 0.3) is 6.08 Å². The van der Waals surface area contributed by atoms with E-state index in [1.54, 1.807) is 37.5 Å². The number of nitrogens with two attached hydrogens (primary N) is 1. The van der Waals surface area contributed by atoms with Crippen molar-refractivity contribution < 1.29 is 4.74 Å². The predicted octanol–water partition coefficient (Wildman–Crippen LogP) is 2.98. The highest BCUT2D eigenvalue weighted by Gasteiger charge is 2.05. The molecule has 0 amide bonds. The highest BCUT2D eigenvalue weighted by atomic mass is 16.5. The molecular weight excluding hydrogens is 288 g/mol. The van der Waals surface area contributed by atoms with Crippen LogP contribution < -0.4 is 10.5 Å². The molecule has 0 saturated carbocycles. The molecule has 2 aromatic rings. The third-order valence-corrected chi connectivity index (χ3v) is 3.10. The van der Waals surface area contributed by atoms with Gasteiger partial charge in [-0.3, -0.25) is 5.41 Å². The van der Waals surface area contributed by atoms with E-state index in [9.17, 15) is 5.26 Å². The lowest BCUT2D eigenvalue weighted by molar-refractivity contribution is 0.415. The van der Waals surface area contributed by atoms with Gasteiger partial charge < -0.3 is 10.5 Å². The van der Waals surface area contributed by atoms with Crippen molar-refractivity contribution in [1.29, 1.82) is 10.7 Å². The second kappa shape index (κ2) is 7.57. The average molecular weight is 304 g/mol. The Morgan fingerprint density at radius 1 is 1.17 bits per heavy atom. The highest BCUT2D eigenvalue weighted by Crippen LogP contribution is 2.14. The van der Waals surface area contributed by atoms with E-state index in [1.165, 1.54) is 0 Å². The molecule has 0 saturated heterocycles. The van der Waals surface area contributed by atoms with E-state index in [1.807, 2.05) is 36.4 Å². The zero-order valence-electron chi connectivity index (χ0n) is 12.7. The third-order valence-electron chi connectivity index (χ3n) is 3.10. The Kier molecular flexibility index (Phi) is 5.26. The van der Waals surface area contributed by atoms with Gasteiger partial charge in [-0.15, -0.1) is 0 Å². The maximum absolute atomic E-state index is 9.27. The van der Waals surface area contributed by atoms with Gasteiger partial charge in [-0.25, -0.2) is 4.99 Å². The van der Waals surface area contributed by atoms with Crippen LogP contribution in [0.2, 0.25) is 0 Å². The first kappa shape index (κ1) is 16.0. The van der Waals surface area contributed by atoms with Crippen LogP contribution in [-0.4, -0.2) is 18.8 Å². The predicted molar refractivity (Wildman–Crippen MR) is 91.5 cm³/mol. The summed E-state index contributed by atoms with van der Waals surface area (Å²) in [5, 5.41) is 17.2. The van der Waals surface area contributed by atoms with Gasteiger partial charge in [0.05, 0.1) is 12.7 Å². The number of methoxy groups -OCH3 is 1. The molecule has 0 spiro atoms. The van der Waals surface area contributed by atoms with Gasteiger partial charge in [0.1, 0.15) is 17.7 Å². The summed E-state index contributed by atoms with van der Waals surface area (Å²) < 4.78 is 5.09. The summed E-state index contributed by atoms with van der Waals surface area (Å²) in [6, 6.07) is 18.2. The lowest BCUT2D eigenvalue weighted by atomic mass is 10.1. The van der Waals surface area contributed by atoms with Crippen LogP contribution in [0.5, 0.6) is 5.75 Å². The van der Waals surface area contributed by atoms with E-state index in [4.69, 9.17) is 15.9 Å². The number of ether oxygens (including phenoxy) is 1. The zero-order chi connectivity index (χ0) is 16.7. The molecule has 23 heavy (non-hydrogen) atoms. The Balaban J connectivity index is 2.25. The van der Waals surface area contributed by atoms with Crippen LogP contribution in [0.3, 0.4) is 0 Å². The second-order valence-corrected chi connectivity index (χ2v) is 4.65. The second-order valence-electron chi connectivity index (χ2n) is 4.65. The summed E-state index contributed by atoms with van der Waals surface area (Å²) in [6.07, 6.45) is 1.62. The number of nitrogens with one attached hydrogen (secondary N) is 1. The molecule has 0 unspecified atom stereocenters. The number of nitrogens with zero attached hydrogens (tertiary/aromatic N) is 2. The van der Waals surface area contributed by atoms with Crippen molar-refractivity contribution in [2.75, 3.05) is 7.11 Å². The number of benzene rings is 2. The summed E-state index contributed by atoms with van der Waals surface area (Å²) in [7, 11) is 1.59. The third kappa shape index (κ3) is 4.29. The molecule has 3 N–H and O–H groups in total. The minimum Gasteiger partial charge on any atom is -0.497 e. The van der Waals surface area contributed by atoms with Gasteiger partial charge in [-0.1, -0.05) is 42.5 Å². The highest BCUT2D eigenvalue weighted by molar-refractivity contribution is 6.12. The smallest absolute Gasteiger partial charge is 0.154 e. The van der Waals surface area contributed by atoms with Gasteiger partial charge in [0.15, 0.2) is 5.84 Å². The van der Waals surface area contributed by atoms with Gasteiger partial charge in [-0.05, 0) is 23.8 Å². The Morgan fingerprint density at radius 2 is 1.83 bits per heavy atom. The Hall–Kier alpha value is -3.39. The topological polar surface area (TPSA) is 95.2 Å². The van der Waals surface area contributed by atoms with Crippen molar-refractivity contribution in [1.82, 2.24) is 0 Å². The first-order valence-electron chi connectivity index (χ1n) is 6.88. The van der Waals surface area contributed by atoms with Crippen LogP contribution >= 0.6 is 0 Å². The molecule has 0 radical (unpaired) electrons. The summed E-state index contributed by atoms with van der Waals surface area (Å²) >= 11 is 0. The Morgan fingerprint density at radius 3 is 2.39 bits per heavy atom. The minimum atomic E-state index is 0.0113. The molecule has 2 rings (SSSR count). The summed E-state index contributed by atoms with van der Waals surface area (Å²) in [4.78, 5) is 4.01. The molecular formula is C18H16N4O. The van der Waals surface area contributed by atoms with Crippen LogP contribution in [-0.2, 0) is 0 Å². The van der Waals surface area contributed by atoms with E-state index >= 15 is 0 Å². The first-order valence-corrected chi connectivity index (χ1v) is 6.88. The van der Waals surface area contributed by atoms with Crippen molar-refractivity contribution in [3.63, 3.8) is 0 Å². The molecule has 5 nitrogen and oxygen atoms in total. The monoisotopic (exact) mass is 304 g/mol. The first-order chi connectivity index (χ1) is 11.1. The van der Waals surface area contributed by atoms with E-state index in [0.717, 1.165) is 11.3 Å². The maximum atomic E-state index is 9.27. The van der Waals surface area contributed by atoms with Crippen LogP contribution in [0.4, 0.5) is 0 Å². The maximum Gasteiger partial charge on any atom is 0.154 e. The number of hydrogen-bond donors (Lipinski definition) is 2. The molecule has 0 fully saturated rings. The quantitative estimate of drug-likeness (QED) is 0.516. The summed E-state index contributed by atoms with van der Waals surface area (Å²) in [5.74, 6) is 0.754. The van der Waals surface area contributed by atoms with Crippen molar-refractivity contribution in [2.24, 2.45) is 10.7 Å². The lowest BCUT2D eigenvalue weighted by Crippen LogP contribution is -2.16. The normalized spacial score (nSPS) is 11.7. The summed E-state index contributed by atoms with van der Waals surface area (Å²) in [6.45, 7) is 0. The van der Waals surface area contributed by atoms with Gasteiger partial charge in [0.2, 0.25) is 0 Å². The van der Waals surface area contributed by atoms with Crippen LogP contribution in [0.15, 0.2) is 65.2 Å². The number of rotatable bonds is 4. The average Bonchev–Trinajstić information content (AvgIpc) is 2.60.